The molecule has 0 aromatic rings. The quantitative estimate of drug-likeness (QED) is 0.0604. The summed E-state index contributed by atoms with van der Waals surface area (Å²) in [6, 6.07) is 0. The number of ether oxygens (including phenoxy) is 2. The number of carbonyl (C=O) groups is 2. The van der Waals surface area contributed by atoms with Crippen molar-refractivity contribution in [3.05, 3.63) is 0 Å². The van der Waals surface area contributed by atoms with Gasteiger partial charge < -0.3 is 9.47 Å². The molecule has 0 fully saturated rings. The van der Waals surface area contributed by atoms with E-state index in [9.17, 15) is 9.59 Å². The maximum Gasteiger partial charge on any atom is 0.305 e. The lowest BCUT2D eigenvalue weighted by molar-refractivity contribution is -0.146. The van der Waals surface area contributed by atoms with Gasteiger partial charge in [0, 0.05) is 12.8 Å². The zero-order chi connectivity index (χ0) is 30.4. The summed E-state index contributed by atoms with van der Waals surface area (Å²) in [4.78, 5) is 24.1. The van der Waals surface area contributed by atoms with E-state index < -0.39 is 0 Å². The van der Waals surface area contributed by atoms with Crippen molar-refractivity contribution < 1.29 is 19.1 Å². The van der Waals surface area contributed by atoms with E-state index in [1.165, 1.54) is 116 Å². The van der Waals surface area contributed by atoms with Gasteiger partial charge in [-0.1, -0.05) is 157 Å². The highest BCUT2D eigenvalue weighted by Gasteiger charge is 2.12. The summed E-state index contributed by atoms with van der Waals surface area (Å²) in [5.74, 6) is 1.70. The molecule has 0 rings (SSSR count). The maximum atomic E-state index is 12.1. The number of rotatable bonds is 31. The van der Waals surface area contributed by atoms with Gasteiger partial charge in [-0.25, -0.2) is 0 Å². The van der Waals surface area contributed by atoms with Crippen LogP contribution in [0.1, 0.15) is 195 Å². The number of esters is 2. The van der Waals surface area contributed by atoms with Crippen LogP contribution in [0, 0.1) is 17.8 Å². The fourth-order valence-electron chi connectivity index (χ4n) is 5.58. The molecule has 3 atom stereocenters. The van der Waals surface area contributed by atoms with Crippen molar-refractivity contribution in [3.63, 3.8) is 0 Å². The normalized spacial score (nSPS) is 13.6. The van der Waals surface area contributed by atoms with Crippen LogP contribution in [0.15, 0.2) is 0 Å². The second-order valence-electron chi connectivity index (χ2n) is 13.0. The first kappa shape index (κ1) is 39.9. The zero-order valence-corrected chi connectivity index (χ0v) is 28.5. The summed E-state index contributed by atoms with van der Waals surface area (Å²) in [7, 11) is 0. The molecule has 4 heteroatoms. The van der Waals surface area contributed by atoms with Gasteiger partial charge in [0.15, 0.2) is 0 Å². The van der Waals surface area contributed by atoms with Gasteiger partial charge >= 0.3 is 11.9 Å². The Labute approximate surface area is 256 Å². The van der Waals surface area contributed by atoms with Crippen LogP contribution in [0.2, 0.25) is 0 Å². The Bertz CT molecular complexity index is 575. The van der Waals surface area contributed by atoms with Gasteiger partial charge in [-0.15, -0.1) is 0 Å². The van der Waals surface area contributed by atoms with E-state index in [0.717, 1.165) is 32.1 Å². The fourth-order valence-corrected chi connectivity index (χ4v) is 5.58. The molecule has 0 radical (unpaired) electrons. The SMILES string of the molecule is CCCCC(CC)COC(=O)CCCCCCCCCCCCCCCC(C)CCC(=O)OCC(CC)CCCC. The summed E-state index contributed by atoms with van der Waals surface area (Å²) >= 11 is 0. The molecule has 0 heterocycles. The molecule has 0 aromatic heterocycles. The van der Waals surface area contributed by atoms with Gasteiger partial charge in [-0.3, -0.25) is 9.59 Å². The third-order valence-electron chi connectivity index (χ3n) is 8.97. The van der Waals surface area contributed by atoms with Crippen LogP contribution >= 0.6 is 0 Å². The van der Waals surface area contributed by atoms with Crippen LogP contribution in [0.25, 0.3) is 0 Å². The molecule has 0 amide bonds. The molecule has 0 aliphatic rings. The Morgan fingerprint density at radius 3 is 1.27 bits per heavy atom. The lowest BCUT2D eigenvalue weighted by atomic mass is 9.97. The zero-order valence-electron chi connectivity index (χ0n) is 28.5. The summed E-state index contributed by atoms with van der Waals surface area (Å²) < 4.78 is 11.1. The first-order chi connectivity index (χ1) is 20.0. The van der Waals surface area contributed by atoms with E-state index in [4.69, 9.17) is 9.47 Å². The van der Waals surface area contributed by atoms with Crippen molar-refractivity contribution >= 4 is 11.9 Å². The molecule has 3 unspecified atom stereocenters. The minimum Gasteiger partial charge on any atom is -0.465 e. The topological polar surface area (TPSA) is 52.6 Å². The van der Waals surface area contributed by atoms with Crippen molar-refractivity contribution in [3.8, 4) is 0 Å². The summed E-state index contributed by atoms with van der Waals surface area (Å²) in [5, 5.41) is 0. The summed E-state index contributed by atoms with van der Waals surface area (Å²) in [5.41, 5.74) is 0. The Morgan fingerprint density at radius 1 is 0.463 bits per heavy atom. The van der Waals surface area contributed by atoms with Crippen LogP contribution in [0.3, 0.4) is 0 Å². The molecule has 0 bridgehead atoms. The molecule has 0 saturated heterocycles. The number of hydrogen-bond acceptors (Lipinski definition) is 4. The van der Waals surface area contributed by atoms with Crippen LogP contribution in [0.4, 0.5) is 0 Å². The van der Waals surface area contributed by atoms with E-state index >= 15 is 0 Å². The smallest absolute Gasteiger partial charge is 0.305 e. The van der Waals surface area contributed by atoms with Gasteiger partial charge in [0.25, 0.3) is 0 Å². The van der Waals surface area contributed by atoms with Gasteiger partial charge in [0.1, 0.15) is 0 Å². The molecule has 41 heavy (non-hydrogen) atoms. The minimum absolute atomic E-state index is 0.00210. The maximum absolute atomic E-state index is 12.1. The van der Waals surface area contributed by atoms with E-state index in [1.807, 2.05) is 0 Å². The Kier molecular flexibility index (Phi) is 29.6. The predicted molar refractivity (Wildman–Crippen MR) is 176 cm³/mol. The highest BCUT2D eigenvalue weighted by molar-refractivity contribution is 5.69. The Balaban J connectivity index is 3.44. The molecule has 0 saturated carbocycles. The van der Waals surface area contributed by atoms with Crippen LogP contribution in [0.5, 0.6) is 0 Å². The highest BCUT2D eigenvalue weighted by atomic mass is 16.5. The third kappa shape index (κ3) is 27.5. The lowest BCUT2D eigenvalue weighted by Crippen LogP contribution is -2.14. The average Bonchev–Trinajstić information content (AvgIpc) is 2.98. The molecule has 0 aliphatic carbocycles. The largest absolute Gasteiger partial charge is 0.465 e. The van der Waals surface area contributed by atoms with Crippen molar-refractivity contribution in [2.45, 2.75) is 195 Å². The van der Waals surface area contributed by atoms with Crippen LogP contribution < -0.4 is 0 Å². The van der Waals surface area contributed by atoms with Crippen molar-refractivity contribution in [1.29, 1.82) is 0 Å². The molecular formula is C37H72O4. The van der Waals surface area contributed by atoms with Crippen LogP contribution in [-0.4, -0.2) is 25.2 Å². The first-order valence-electron chi connectivity index (χ1n) is 18.3. The second-order valence-corrected chi connectivity index (χ2v) is 13.0. The van der Waals surface area contributed by atoms with Crippen LogP contribution in [-0.2, 0) is 19.1 Å². The predicted octanol–water partition coefficient (Wildman–Crippen LogP) is 11.8. The van der Waals surface area contributed by atoms with Crippen molar-refractivity contribution in [2.75, 3.05) is 13.2 Å². The third-order valence-corrected chi connectivity index (χ3v) is 8.97. The Morgan fingerprint density at radius 2 is 0.854 bits per heavy atom. The van der Waals surface area contributed by atoms with Crippen molar-refractivity contribution in [2.24, 2.45) is 17.8 Å². The Hall–Kier alpha value is -1.06. The van der Waals surface area contributed by atoms with E-state index in [-0.39, 0.29) is 11.9 Å². The van der Waals surface area contributed by atoms with E-state index in [2.05, 4.69) is 34.6 Å². The number of hydrogen-bond donors (Lipinski definition) is 0. The molecule has 0 spiro atoms. The summed E-state index contributed by atoms with van der Waals surface area (Å²) in [6.45, 7) is 12.3. The molecule has 244 valence electrons. The van der Waals surface area contributed by atoms with Gasteiger partial charge in [-0.05, 0) is 43.4 Å². The van der Waals surface area contributed by atoms with E-state index in [1.54, 1.807) is 0 Å². The average molecular weight is 581 g/mol. The van der Waals surface area contributed by atoms with Gasteiger partial charge in [0.05, 0.1) is 13.2 Å². The number of unbranched alkanes of at least 4 members (excludes halogenated alkanes) is 14. The minimum atomic E-state index is 0.00210. The number of carbonyl (C=O) groups excluding carboxylic acids is 2. The fraction of sp³-hybridized carbons (Fsp3) is 0.946. The first-order valence-corrected chi connectivity index (χ1v) is 18.3. The second kappa shape index (κ2) is 30.4. The lowest BCUT2D eigenvalue weighted by Gasteiger charge is -2.15. The monoisotopic (exact) mass is 581 g/mol. The molecule has 0 aliphatic heterocycles. The molecule has 0 N–H and O–H groups in total. The molecular weight excluding hydrogens is 508 g/mol. The van der Waals surface area contributed by atoms with Crippen molar-refractivity contribution in [1.82, 2.24) is 0 Å². The van der Waals surface area contributed by atoms with E-state index in [0.29, 0.717) is 43.8 Å². The van der Waals surface area contributed by atoms with Gasteiger partial charge in [-0.2, -0.15) is 0 Å². The summed E-state index contributed by atoms with van der Waals surface area (Å²) in [6.07, 6.45) is 29.7. The highest BCUT2D eigenvalue weighted by Crippen LogP contribution is 2.19. The molecule has 0 aromatic carbocycles. The van der Waals surface area contributed by atoms with Gasteiger partial charge in [0.2, 0.25) is 0 Å². The standard InChI is InChI=1S/C37H72O4/c1-6-10-26-34(8-3)31-40-36(38)28-24-22-20-18-16-14-12-13-15-17-19-21-23-25-33(5)29-30-37(39)41-32-35(9-4)27-11-7-2/h33-35H,6-32H2,1-5H3. The molecule has 4 nitrogen and oxygen atoms in total.